The van der Waals surface area contributed by atoms with Gasteiger partial charge in [0.05, 0.1) is 0 Å². The Balaban J connectivity index is 2.54. The van der Waals surface area contributed by atoms with Gasteiger partial charge in [0.1, 0.15) is 0 Å². The van der Waals surface area contributed by atoms with E-state index in [9.17, 15) is 0 Å². The molecule has 0 aliphatic carbocycles. The summed E-state index contributed by atoms with van der Waals surface area (Å²) >= 11 is 6.19. The molecule has 0 radical (unpaired) electrons. The highest BCUT2D eigenvalue weighted by Crippen LogP contribution is 2.29. The van der Waals surface area contributed by atoms with E-state index in [0.717, 1.165) is 16.1 Å². The van der Waals surface area contributed by atoms with Gasteiger partial charge in [0.15, 0.2) is 0 Å². The van der Waals surface area contributed by atoms with Crippen LogP contribution in [0.15, 0.2) is 36.4 Å². The molecule has 0 aliphatic heterocycles. The number of hydrogen-bond acceptors (Lipinski definition) is 1. The molecule has 0 spiro atoms. The van der Waals surface area contributed by atoms with E-state index in [0.29, 0.717) is 6.54 Å². The topological polar surface area (TPSA) is 26.0 Å². The summed E-state index contributed by atoms with van der Waals surface area (Å²) in [6.07, 6.45) is 0. The van der Waals surface area contributed by atoms with Crippen LogP contribution in [0.5, 0.6) is 0 Å². The fourth-order valence-corrected chi connectivity index (χ4v) is 2.20. The van der Waals surface area contributed by atoms with Gasteiger partial charge in [-0.25, -0.2) is 0 Å². The third-order valence-corrected chi connectivity index (χ3v) is 3.54. The van der Waals surface area contributed by atoms with Gasteiger partial charge in [-0.2, -0.15) is 0 Å². The van der Waals surface area contributed by atoms with E-state index in [-0.39, 0.29) is 0 Å². The second-order valence-corrected chi connectivity index (χ2v) is 4.66. The van der Waals surface area contributed by atoms with E-state index < -0.39 is 0 Å². The van der Waals surface area contributed by atoms with Gasteiger partial charge in [-0.15, -0.1) is 0 Å². The van der Waals surface area contributed by atoms with E-state index in [1.54, 1.807) is 0 Å². The van der Waals surface area contributed by atoms with Crippen LogP contribution in [-0.2, 0) is 6.54 Å². The molecule has 0 saturated heterocycles. The Morgan fingerprint density at radius 2 is 1.88 bits per heavy atom. The van der Waals surface area contributed by atoms with Gasteiger partial charge >= 0.3 is 0 Å². The van der Waals surface area contributed by atoms with E-state index in [2.05, 4.69) is 38.1 Å². The van der Waals surface area contributed by atoms with Crippen LogP contribution in [0.3, 0.4) is 0 Å². The Morgan fingerprint density at radius 1 is 1.12 bits per heavy atom. The lowest BCUT2D eigenvalue weighted by atomic mass is 9.96. The summed E-state index contributed by atoms with van der Waals surface area (Å²) in [6, 6.07) is 12.4. The molecule has 2 rings (SSSR count). The summed E-state index contributed by atoms with van der Waals surface area (Å²) < 4.78 is 0. The van der Waals surface area contributed by atoms with Crippen molar-refractivity contribution in [2.75, 3.05) is 0 Å². The third-order valence-electron chi connectivity index (χ3n) is 3.19. The number of nitrogens with two attached hydrogens (primary N) is 1. The Morgan fingerprint density at radius 3 is 2.53 bits per heavy atom. The Labute approximate surface area is 107 Å². The molecule has 0 fully saturated rings. The summed E-state index contributed by atoms with van der Waals surface area (Å²) in [4.78, 5) is 0. The minimum absolute atomic E-state index is 0.478. The molecule has 0 aromatic heterocycles. The van der Waals surface area contributed by atoms with Gasteiger partial charge in [0, 0.05) is 11.6 Å². The quantitative estimate of drug-likeness (QED) is 0.848. The molecule has 2 aromatic carbocycles. The molecule has 0 atom stereocenters. The predicted molar refractivity (Wildman–Crippen MR) is 74.3 cm³/mol. The lowest BCUT2D eigenvalue weighted by Gasteiger charge is -2.10. The fourth-order valence-electron chi connectivity index (χ4n) is 1.94. The highest BCUT2D eigenvalue weighted by Gasteiger charge is 2.06. The number of halogens is 1. The van der Waals surface area contributed by atoms with Crippen LogP contribution >= 0.6 is 11.6 Å². The normalized spacial score (nSPS) is 10.6. The van der Waals surface area contributed by atoms with E-state index in [1.165, 1.54) is 16.7 Å². The fraction of sp³-hybridized carbons (Fsp3) is 0.200. The van der Waals surface area contributed by atoms with Crippen molar-refractivity contribution in [3.05, 3.63) is 58.1 Å². The molecule has 2 aromatic rings. The second-order valence-electron chi connectivity index (χ2n) is 4.26. The molecule has 0 bridgehead atoms. The Hall–Kier alpha value is -1.31. The molecular formula is C15H16ClN. The third kappa shape index (κ3) is 2.36. The minimum Gasteiger partial charge on any atom is -0.326 e. The van der Waals surface area contributed by atoms with Crippen LogP contribution < -0.4 is 5.73 Å². The van der Waals surface area contributed by atoms with E-state index in [1.807, 2.05) is 12.1 Å². The molecule has 1 nitrogen and oxygen atoms in total. The van der Waals surface area contributed by atoms with Crippen LogP contribution in [0, 0.1) is 13.8 Å². The highest BCUT2D eigenvalue weighted by atomic mass is 35.5. The largest absolute Gasteiger partial charge is 0.326 e. The molecule has 2 N–H and O–H groups in total. The smallest absolute Gasteiger partial charge is 0.0457 e. The zero-order chi connectivity index (χ0) is 12.4. The van der Waals surface area contributed by atoms with Crippen molar-refractivity contribution in [3.63, 3.8) is 0 Å². The van der Waals surface area contributed by atoms with Gasteiger partial charge in [0.2, 0.25) is 0 Å². The molecular weight excluding hydrogens is 230 g/mol. The first-order valence-electron chi connectivity index (χ1n) is 5.68. The van der Waals surface area contributed by atoms with E-state index in [4.69, 9.17) is 17.3 Å². The van der Waals surface area contributed by atoms with Gasteiger partial charge in [-0.1, -0.05) is 41.9 Å². The van der Waals surface area contributed by atoms with Crippen molar-refractivity contribution >= 4 is 11.6 Å². The first kappa shape index (κ1) is 12.2. The predicted octanol–water partition coefficient (Wildman–Crippen LogP) is 4.08. The maximum absolute atomic E-state index is 6.19. The second kappa shape index (κ2) is 4.91. The molecule has 2 heteroatoms. The van der Waals surface area contributed by atoms with Crippen molar-refractivity contribution in [1.29, 1.82) is 0 Å². The van der Waals surface area contributed by atoms with Crippen molar-refractivity contribution in [2.24, 2.45) is 5.73 Å². The van der Waals surface area contributed by atoms with Gasteiger partial charge in [0.25, 0.3) is 0 Å². The van der Waals surface area contributed by atoms with Gasteiger partial charge < -0.3 is 5.73 Å². The monoisotopic (exact) mass is 245 g/mol. The summed E-state index contributed by atoms with van der Waals surface area (Å²) in [6.45, 7) is 4.73. The molecule has 0 unspecified atom stereocenters. The summed E-state index contributed by atoms with van der Waals surface area (Å²) in [5, 5.41) is 0.742. The molecule has 0 heterocycles. The lowest BCUT2D eigenvalue weighted by molar-refractivity contribution is 1.07. The maximum Gasteiger partial charge on any atom is 0.0457 e. The first-order chi connectivity index (χ1) is 8.13. The summed E-state index contributed by atoms with van der Waals surface area (Å²) in [5.74, 6) is 0. The van der Waals surface area contributed by atoms with Crippen LogP contribution in [0.1, 0.15) is 16.7 Å². The number of hydrogen-bond donors (Lipinski definition) is 1. The van der Waals surface area contributed by atoms with Crippen molar-refractivity contribution < 1.29 is 0 Å². The maximum atomic E-state index is 6.19. The molecule has 0 aliphatic rings. The molecule has 17 heavy (non-hydrogen) atoms. The average Bonchev–Trinajstić information content (AvgIpc) is 2.32. The lowest BCUT2D eigenvalue weighted by Crippen LogP contribution is -1.97. The molecule has 88 valence electrons. The zero-order valence-electron chi connectivity index (χ0n) is 10.1. The van der Waals surface area contributed by atoms with Gasteiger partial charge in [-0.05, 0) is 47.7 Å². The van der Waals surface area contributed by atoms with Crippen LogP contribution in [0.25, 0.3) is 11.1 Å². The molecule has 0 amide bonds. The van der Waals surface area contributed by atoms with Crippen molar-refractivity contribution in [3.8, 4) is 11.1 Å². The Kier molecular flexibility index (Phi) is 3.51. The summed E-state index contributed by atoms with van der Waals surface area (Å²) in [5.41, 5.74) is 11.6. The van der Waals surface area contributed by atoms with E-state index >= 15 is 0 Å². The Bertz CT molecular complexity index is 547. The zero-order valence-corrected chi connectivity index (χ0v) is 10.9. The molecule has 0 saturated carbocycles. The highest BCUT2D eigenvalue weighted by molar-refractivity contribution is 6.31. The van der Waals surface area contributed by atoms with Crippen LogP contribution in [-0.4, -0.2) is 0 Å². The number of benzene rings is 2. The SMILES string of the molecule is Cc1cccc(-c2ccc(CN)c(Cl)c2)c1C. The summed E-state index contributed by atoms with van der Waals surface area (Å²) in [7, 11) is 0. The standard InChI is InChI=1S/C15H16ClN/c1-10-4-3-5-14(11(10)2)12-6-7-13(9-17)15(16)8-12/h3-8H,9,17H2,1-2H3. The first-order valence-corrected chi connectivity index (χ1v) is 6.06. The van der Waals surface area contributed by atoms with Crippen LogP contribution in [0.2, 0.25) is 5.02 Å². The number of rotatable bonds is 2. The van der Waals surface area contributed by atoms with Crippen molar-refractivity contribution in [2.45, 2.75) is 20.4 Å². The minimum atomic E-state index is 0.478. The number of aryl methyl sites for hydroxylation is 1. The van der Waals surface area contributed by atoms with Crippen molar-refractivity contribution in [1.82, 2.24) is 0 Å². The van der Waals surface area contributed by atoms with Crippen LogP contribution in [0.4, 0.5) is 0 Å². The average molecular weight is 246 g/mol. The van der Waals surface area contributed by atoms with Gasteiger partial charge in [-0.3, -0.25) is 0 Å².